The van der Waals surface area contributed by atoms with Gasteiger partial charge in [0.05, 0.1) is 5.92 Å². The summed E-state index contributed by atoms with van der Waals surface area (Å²) in [5.74, 6) is 0.101. The molecule has 25 heavy (non-hydrogen) atoms. The third-order valence-corrected chi connectivity index (χ3v) is 5.35. The van der Waals surface area contributed by atoms with Crippen LogP contribution in [0, 0.1) is 5.92 Å². The first-order valence-electron chi connectivity index (χ1n) is 9.15. The van der Waals surface area contributed by atoms with E-state index in [4.69, 9.17) is 11.6 Å². The number of unbranched alkanes of at least 4 members (excludes halogenated alkanes) is 1. The molecule has 1 atom stereocenters. The number of nitrogens with zero attached hydrogens (tertiary/aromatic N) is 3. The van der Waals surface area contributed by atoms with Crippen molar-refractivity contribution in [2.75, 3.05) is 44.2 Å². The van der Waals surface area contributed by atoms with Crippen LogP contribution < -0.4 is 4.90 Å². The lowest BCUT2D eigenvalue weighted by molar-refractivity contribution is -0.136. The fraction of sp³-hybridized carbons (Fsp3) is 0.579. The minimum atomic E-state index is -0.165. The van der Waals surface area contributed by atoms with Crippen molar-refractivity contribution in [2.24, 2.45) is 5.92 Å². The number of anilines is 1. The topological polar surface area (TPSA) is 43.9 Å². The smallest absolute Gasteiger partial charge is 0.228 e. The molecule has 0 saturated carbocycles. The first-order valence-corrected chi connectivity index (χ1v) is 9.53. The van der Waals surface area contributed by atoms with E-state index in [2.05, 4.69) is 11.8 Å². The van der Waals surface area contributed by atoms with Crippen molar-refractivity contribution in [3.05, 3.63) is 29.3 Å². The number of hydrogen-bond acceptors (Lipinski definition) is 3. The summed E-state index contributed by atoms with van der Waals surface area (Å²) in [5.41, 5.74) is 1.10. The van der Waals surface area contributed by atoms with Gasteiger partial charge < -0.3 is 14.7 Å². The number of amides is 2. The van der Waals surface area contributed by atoms with Crippen molar-refractivity contribution >= 4 is 29.1 Å². The van der Waals surface area contributed by atoms with Crippen LogP contribution in [0.15, 0.2) is 24.3 Å². The molecule has 2 fully saturated rings. The molecule has 1 aromatic carbocycles. The molecule has 5 nitrogen and oxygen atoms in total. The van der Waals surface area contributed by atoms with Crippen LogP contribution in [0.1, 0.15) is 26.2 Å². The molecule has 2 aliphatic heterocycles. The Bertz CT molecular complexity index is 629. The lowest BCUT2D eigenvalue weighted by Crippen LogP contribution is -2.50. The number of hydrogen-bond donors (Lipinski definition) is 0. The van der Waals surface area contributed by atoms with Gasteiger partial charge in [0.2, 0.25) is 11.8 Å². The van der Waals surface area contributed by atoms with Crippen LogP contribution in [0.2, 0.25) is 5.02 Å². The van der Waals surface area contributed by atoms with E-state index in [0.29, 0.717) is 26.1 Å². The molecule has 0 aliphatic carbocycles. The third kappa shape index (κ3) is 4.27. The minimum absolute atomic E-state index is 0.129. The number of rotatable bonds is 5. The van der Waals surface area contributed by atoms with Crippen LogP contribution in [0.5, 0.6) is 0 Å². The van der Waals surface area contributed by atoms with Crippen LogP contribution in [-0.2, 0) is 9.59 Å². The van der Waals surface area contributed by atoms with Gasteiger partial charge in [0.1, 0.15) is 0 Å². The highest BCUT2D eigenvalue weighted by molar-refractivity contribution is 6.30. The van der Waals surface area contributed by atoms with E-state index in [1.807, 2.05) is 34.1 Å². The lowest BCUT2D eigenvalue weighted by atomic mass is 10.1. The third-order valence-electron chi connectivity index (χ3n) is 5.11. The number of benzene rings is 1. The summed E-state index contributed by atoms with van der Waals surface area (Å²) in [7, 11) is 0. The predicted molar refractivity (Wildman–Crippen MR) is 99.8 cm³/mol. The van der Waals surface area contributed by atoms with Crippen molar-refractivity contribution in [2.45, 2.75) is 26.2 Å². The van der Waals surface area contributed by atoms with E-state index in [9.17, 15) is 9.59 Å². The van der Waals surface area contributed by atoms with Crippen LogP contribution in [0.4, 0.5) is 5.69 Å². The Hall–Kier alpha value is -1.75. The maximum Gasteiger partial charge on any atom is 0.228 e. The summed E-state index contributed by atoms with van der Waals surface area (Å²) in [6.45, 7) is 6.48. The minimum Gasteiger partial charge on any atom is -0.368 e. The van der Waals surface area contributed by atoms with E-state index < -0.39 is 0 Å². The highest BCUT2D eigenvalue weighted by atomic mass is 35.5. The average Bonchev–Trinajstić information content (AvgIpc) is 3.00. The molecule has 136 valence electrons. The normalized spacial score (nSPS) is 21.1. The van der Waals surface area contributed by atoms with Gasteiger partial charge in [-0.2, -0.15) is 0 Å². The van der Waals surface area contributed by atoms with Gasteiger partial charge in [-0.15, -0.1) is 0 Å². The maximum atomic E-state index is 12.8. The summed E-state index contributed by atoms with van der Waals surface area (Å²) < 4.78 is 0. The average molecular weight is 364 g/mol. The van der Waals surface area contributed by atoms with Gasteiger partial charge >= 0.3 is 0 Å². The van der Waals surface area contributed by atoms with Crippen molar-refractivity contribution in [3.63, 3.8) is 0 Å². The standard InChI is InChI=1S/C19H26ClN3O2/c1-2-3-7-23-14-15(12-18(23)24)19(25)22-10-8-21(9-11-22)17-6-4-5-16(20)13-17/h4-6,13,15H,2-3,7-12,14H2,1H3/t15-/m0/s1. The van der Waals surface area contributed by atoms with Crippen molar-refractivity contribution in [1.29, 1.82) is 0 Å². The van der Waals surface area contributed by atoms with Crippen LogP contribution in [0.3, 0.4) is 0 Å². The fourth-order valence-electron chi connectivity index (χ4n) is 3.62. The van der Waals surface area contributed by atoms with E-state index in [-0.39, 0.29) is 17.7 Å². The zero-order valence-electron chi connectivity index (χ0n) is 14.8. The number of carbonyl (C=O) groups is 2. The Morgan fingerprint density at radius 2 is 2.00 bits per heavy atom. The largest absolute Gasteiger partial charge is 0.368 e. The van der Waals surface area contributed by atoms with Gasteiger partial charge in [0, 0.05) is 56.4 Å². The number of piperazine rings is 1. The molecular weight excluding hydrogens is 338 g/mol. The van der Waals surface area contributed by atoms with Gasteiger partial charge in [-0.05, 0) is 24.6 Å². The number of halogens is 1. The molecule has 1 aromatic rings. The molecule has 0 spiro atoms. The van der Waals surface area contributed by atoms with E-state index in [1.165, 1.54) is 0 Å². The van der Waals surface area contributed by atoms with Gasteiger partial charge in [0.25, 0.3) is 0 Å². The Labute approximate surface area is 154 Å². The van der Waals surface area contributed by atoms with Gasteiger partial charge in [-0.1, -0.05) is 31.0 Å². The van der Waals surface area contributed by atoms with Gasteiger partial charge in [0.15, 0.2) is 0 Å². The number of likely N-dealkylation sites (tertiary alicyclic amines) is 1. The molecule has 2 amide bonds. The zero-order valence-corrected chi connectivity index (χ0v) is 15.5. The van der Waals surface area contributed by atoms with Crippen LogP contribution >= 0.6 is 11.6 Å². The molecule has 2 saturated heterocycles. The molecular formula is C19H26ClN3O2. The molecule has 0 bridgehead atoms. The summed E-state index contributed by atoms with van der Waals surface area (Å²) in [5, 5.41) is 0.729. The summed E-state index contributed by atoms with van der Waals surface area (Å²) in [4.78, 5) is 30.9. The molecule has 6 heteroatoms. The summed E-state index contributed by atoms with van der Waals surface area (Å²) >= 11 is 6.06. The lowest BCUT2D eigenvalue weighted by Gasteiger charge is -2.37. The van der Waals surface area contributed by atoms with E-state index >= 15 is 0 Å². The molecule has 0 N–H and O–H groups in total. The maximum absolute atomic E-state index is 12.8. The van der Waals surface area contributed by atoms with Gasteiger partial charge in [-0.3, -0.25) is 9.59 Å². The SMILES string of the molecule is CCCCN1C[C@@H](C(=O)N2CCN(c3cccc(Cl)c3)CC2)CC1=O. The molecule has 3 rings (SSSR count). The number of carbonyl (C=O) groups excluding carboxylic acids is 2. The Kier molecular flexibility index (Phi) is 5.84. The summed E-state index contributed by atoms with van der Waals surface area (Å²) in [6.07, 6.45) is 2.44. The zero-order chi connectivity index (χ0) is 17.8. The van der Waals surface area contributed by atoms with Crippen LogP contribution in [0.25, 0.3) is 0 Å². The Morgan fingerprint density at radius 3 is 2.68 bits per heavy atom. The Balaban J connectivity index is 1.53. The van der Waals surface area contributed by atoms with Crippen molar-refractivity contribution in [3.8, 4) is 0 Å². The Morgan fingerprint density at radius 1 is 1.24 bits per heavy atom. The monoisotopic (exact) mass is 363 g/mol. The second kappa shape index (κ2) is 8.09. The first-order chi connectivity index (χ1) is 12.1. The quantitative estimate of drug-likeness (QED) is 0.807. The first kappa shape index (κ1) is 18.1. The highest BCUT2D eigenvalue weighted by Gasteiger charge is 2.36. The summed E-state index contributed by atoms with van der Waals surface area (Å²) in [6, 6.07) is 7.82. The molecule has 0 unspecified atom stereocenters. The van der Waals surface area contributed by atoms with E-state index in [1.54, 1.807) is 0 Å². The highest BCUT2D eigenvalue weighted by Crippen LogP contribution is 2.24. The predicted octanol–water partition coefficient (Wildman–Crippen LogP) is 2.64. The molecule has 2 heterocycles. The van der Waals surface area contributed by atoms with Crippen LogP contribution in [-0.4, -0.2) is 60.9 Å². The van der Waals surface area contributed by atoms with Gasteiger partial charge in [-0.25, -0.2) is 0 Å². The fourth-order valence-corrected chi connectivity index (χ4v) is 3.80. The molecule has 0 radical (unpaired) electrons. The second-order valence-corrected chi connectivity index (χ2v) is 7.32. The van der Waals surface area contributed by atoms with E-state index in [0.717, 1.165) is 43.2 Å². The van der Waals surface area contributed by atoms with Crippen molar-refractivity contribution < 1.29 is 9.59 Å². The van der Waals surface area contributed by atoms with Crippen molar-refractivity contribution in [1.82, 2.24) is 9.80 Å². The molecule has 2 aliphatic rings. The second-order valence-electron chi connectivity index (χ2n) is 6.89. The molecule has 0 aromatic heterocycles.